The van der Waals surface area contributed by atoms with Gasteiger partial charge >= 0.3 is 0 Å². The number of hydrogen-bond donors (Lipinski definition) is 1. The SMILES string of the molecule is CC(C)c1ccccc1OCCNC(=O)c1ccc2c(c1)CCCC2. The molecule has 3 nitrogen and oxygen atoms in total. The first-order valence-corrected chi connectivity index (χ1v) is 9.27. The van der Waals surface area contributed by atoms with Gasteiger partial charge in [0.25, 0.3) is 5.91 Å². The van der Waals surface area contributed by atoms with E-state index < -0.39 is 0 Å². The van der Waals surface area contributed by atoms with E-state index in [1.165, 1.54) is 29.5 Å². The summed E-state index contributed by atoms with van der Waals surface area (Å²) in [4.78, 5) is 12.4. The topological polar surface area (TPSA) is 38.3 Å². The molecule has 25 heavy (non-hydrogen) atoms. The Morgan fingerprint density at radius 3 is 2.64 bits per heavy atom. The fraction of sp³-hybridized carbons (Fsp3) is 0.409. The summed E-state index contributed by atoms with van der Waals surface area (Å²) in [6, 6.07) is 14.2. The highest BCUT2D eigenvalue weighted by Crippen LogP contribution is 2.25. The molecule has 0 unspecified atom stereocenters. The minimum absolute atomic E-state index is 0.0193. The number of benzene rings is 2. The van der Waals surface area contributed by atoms with Crippen LogP contribution in [-0.2, 0) is 12.8 Å². The Morgan fingerprint density at radius 2 is 1.84 bits per heavy atom. The van der Waals surface area contributed by atoms with Crippen molar-refractivity contribution in [3.8, 4) is 5.75 Å². The van der Waals surface area contributed by atoms with Crippen molar-refractivity contribution < 1.29 is 9.53 Å². The molecule has 1 aliphatic rings. The van der Waals surface area contributed by atoms with Crippen molar-refractivity contribution >= 4 is 5.91 Å². The van der Waals surface area contributed by atoms with Gasteiger partial charge in [-0.1, -0.05) is 38.1 Å². The standard InChI is InChI=1S/C22H27NO2/c1-16(2)20-9-5-6-10-21(20)25-14-13-23-22(24)19-12-11-17-7-3-4-8-18(17)15-19/h5-6,9-12,15-16H,3-4,7-8,13-14H2,1-2H3,(H,23,24). The smallest absolute Gasteiger partial charge is 0.251 e. The van der Waals surface area contributed by atoms with Crippen LogP contribution in [0.5, 0.6) is 5.75 Å². The maximum absolute atomic E-state index is 12.4. The summed E-state index contributed by atoms with van der Waals surface area (Å²) in [6.07, 6.45) is 4.71. The number of amides is 1. The van der Waals surface area contributed by atoms with E-state index in [2.05, 4.69) is 37.4 Å². The van der Waals surface area contributed by atoms with Crippen LogP contribution in [0.3, 0.4) is 0 Å². The molecular formula is C22H27NO2. The van der Waals surface area contributed by atoms with Gasteiger partial charge in [0.05, 0.1) is 6.54 Å². The van der Waals surface area contributed by atoms with Crippen molar-refractivity contribution in [1.82, 2.24) is 5.32 Å². The van der Waals surface area contributed by atoms with Crippen molar-refractivity contribution in [1.29, 1.82) is 0 Å². The van der Waals surface area contributed by atoms with Crippen LogP contribution in [0.15, 0.2) is 42.5 Å². The molecule has 3 heteroatoms. The van der Waals surface area contributed by atoms with Crippen LogP contribution in [0.2, 0.25) is 0 Å². The van der Waals surface area contributed by atoms with Crippen molar-refractivity contribution in [3.05, 3.63) is 64.7 Å². The molecule has 1 aliphatic carbocycles. The second-order valence-electron chi connectivity index (χ2n) is 6.99. The molecule has 132 valence electrons. The minimum Gasteiger partial charge on any atom is -0.491 e. The van der Waals surface area contributed by atoms with Crippen molar-refractivity contribution in [3.63, 3.8) is 0 Å². The predicted octanol–water partition coefficient (Wildman–Crippen LogP) is 4.50. The molecule has 0 atom stereocenters. The van der Waals surface area contributed by atoms with Crippen LogP contribution in [0.25, 0.3) is 0 Å². The third kappa shape index (κ3) is 4.41. The number of rotatable bonds is 6. The van der Waals surface area contributed by atoms with Gasteiger partial charge in [-0.2, -0.15) is 0 Å². The van der Waals surface area contributed by atoms with Gasteiger partial charge in [-0.3, -0.25) is 4.79 Å². The lowest BCUT2D eigenvalue weighted by Gasteiger charge is -2.16. The lowest BCUT2D eigenvalue weighted by atomic mass is 9.90. The Hall–Kier alpha value is -2.29. The number of para-hydroxylation sites is 1. The second-order valence-corrected chi connectivity index (χ2v) is 6.99. The van der Waals surface area contributed by atoms with Crippen LogP contribution in [0, 0.1) is 0 Å². The van der Waals surface area contributed by atoms with Gasteiger partial charge in [-0.25, -0.2) is 0 Å². The van der Waals surface area contributed by atoms with Crippen molar-refractivity contribution in [2.24, 2.45) is 0 Å². The van der Waals surface area contributed by atoms with Gasteiger partial charge in [0.1, 0.15) is 12.4 Å². The van der Waals surface area contributed by atoms with E-state index in [1.54, 1.807) is 0 Å². The first-order valence-electron chi connectivity index (χ1n) is 9.27. The van der Waals surface area contributed by atoms with E-state index in [4.69, 9.17) is 4.74 Å². The number of carbonyl (C=O) groups is 1. The minimum atomic E-state index is -0.0193. The molecule has 0 saturated heterocycles. The summed E-state index contributed by atoms with van der Waals surface area (Å²) in [5, 5.41) is 2.96. The Kier molecular flexibility index (Phi) is 5.75. The molecule has 0 bridgehead atoms. The number of fused-ring (bicyclic) bond motifs is 1. The Bertz CT molecular complexity index is 737. The van der Waals surface area contributed by atoms with Crippen LogP contribution in [0.1, 0.15) is 59.7 Å². The molecule has 0 aliphatic heterocycles. The van der Waals surface area contributed by atoms with Crippen LogP contribution >= 0.6 is 0 Å². The molecule has 1 amide bonds. The maximum atomic E-state index is 12.4. The zero-order valence-electron chi connectivity index (χ0n) is 15.2. The normalized spacial score (nSPS) is 13.4. The zero-order chi connectivity index (χ0) is 17.6. The quantitative estimate of drug-likeness (QED) is 0.788. The molecular weight excluding hydrogens is 310 g/mol. The molecule has 0 heterocycles. The van der Waals surface area contributed by atoms with Gasteiger partial charge in [-0.15, -0.1) is 0 Å². The molecule has 0 saturated carbocycles. The number of hydrogen-bond acceptors (Lipinski definition) is 2. The van der Waals surface area contributed by atoms with E-state index in [9.17, 15) is 4.79 Å². The summed E-state index contributed by atoms with van der Waals surface area (Å²) < 4.78 is 5.86. The largest absolute Gasteiger partial charge is 0.491 e. The number of carbonyl (C=O) groups excluding carboxylic acids is 1. The molecule has 2 aromatic rings. The highest BCUT2D eigenvalue weighted by molar-refractivity contribution is 5.94. The Labute approximate surface area is 150 Å². The van der Waals surface area contributed by atoms with Crippen molar-refractivity contribution in [2.45, 2.75) is 45.4 Å². The van der Waals surface area contributed by atoms with Gasteiger partial charge < -0.3 is 10.1 Å². The molecule has 3 rings (SSSR count). The number of ether oxygens (including phenoxy) is 1. The highest BCUT2D eigenvalue weighted by atomic mass is 16.5. The first-order chi connectivity index (χ1) is 12.1. The van der Waals surface area contributed by atoms with Crippen LogP contribution in [-0.4, -0.2) is 19.1 Å². The summed E-state index contributed by atoms with van der Waals surface area (Å²) in [5.41, 5.74) is 4.68. The van der Waals surface area contributed by atoms with Crippen LogP contribution in [0.4, 0.5) is 0 Å². The molecule has 0 fully saturated rings. The van der Waals surface area contributed by atoms with Crippen LogP contribution < -0.4 is 10.1 Å². The first kappa shape index (κ1) is 17.5. The van der Waals surface area contributed by atoms with Gasteiger partial charge in [0.15, 0.2) is 0 Å². The number of aryl methyl sites for hydroxylation is 2. The highest BCUT2D eigenvalue weighted by Gasteiger charge is 2.13. The average Bonchev–Trinajstić information content (AvgIpc) is 2.64. The monoisotopic (exact) mass is 337 g/mol. The lowest BCUT2D eigenvalue weighted by Crippen LogP contribution is -2.28. The van der Waals surface area contributed by atoms with E-state index >= 15 is 0 Å². The van der Waals surface area contributed by atoms with Crippen molar-refractivity contribution in [2.75, 3.05) is 13.2 Å². The summed E-state index contributed by atoms with van der Waals surface area (Å²) in [5.74, 6) is 1.30. The lowest BCUT2D eigenvalue weighted by molar-refractivity contribution is 0.0946. The van der Waals surface area contributed by atoms with E-state index in [0.29, 0.717) is 19.1 Å². The van der Waals surface area contributed by atoms with Gasteiger partial charge in [0, 0.05) is 5.56 Å². The average molecular weight is 337 g/mol. The Morgan fingerprint density at radius 1 is 1.08 bits per heavy atom. The second kappa shape index (κ2) is 8.19. The molecule has 2 aromatic carbocycles. The number of nitrogens with one attached hydrogen (secondary N) is 1. The molecule has 0 spiro atoms. The van der Waals surface area contributed by atoms with Gasteiger partial charge in [0.2, 0.25) is 0 Å². The zero-order valence-corrected chi connectivity index (χ0v) is 15.2. The third-order valence-corrected chi connectivity index (χ3v) is 4.80. The van der Waals surface area contributed by atoms with Gasteiger partial charge in [-0.05, 0) is 66.5 Å². The Balaban J connectivity index is 1.52. The molecule has 1 N–H and O–H groups in total. The fourth-order valence-electron chi connectivity index (χ4n) is 3.39. The molecule has 0 aromatic heterocycles. The third-order valence-electron chi connectivity index (χ3n) is 4.80. The van der Waals surface area contributed by atoms with E-state index in [0.717, 1.165) is 24.2 Å². The predicted molar refractivity (Wildman–Crippen MR) is 101 cm³/mol. The maximum Gasteiger partial charge on any atom is 0.251 e. The van der Waals surface area contributed by atoms with E-state index in [-0.39, 0.29) is 5.91 Å². The van der Waals surface area contributed by atoms with E-state index in [1.807, 2.05) is 24.3 Å². The summed E-state index contributed by atoms with van der Waals surface area (Å²) in [6.45, 7) is 5.28. The summed E-state index contributed by atoms with van der Waals surface area (Å²) >= 11 is 0. The summed E-state index contributed by atoms with van der Waals surface area (Å²) in [7, 11) is 0. The fourth-order valence-corrected chi connectivity index (χ4v) is 3.39. The molecule has 0 radical (unpaired) electrons.